The molecule has 0 spiro atoms. The predicted molar refractivity (Wildman–Crippen MR) is 116 cm³/mol. The Hall–Kier alpha value is -4.04. The van der Waals surface area contributed by atoms with Gasteiger partial charge in [0.05, 0.1) is 30.0 Å². The summed E-state index contributed by atoms with van der Waals surface area (Å²) in [5.41, 5.74) is 3.90. The molecule has 0 aliphatic heterocycles. The van der Waals surface area contributed by atoms with Crippen molar-refractivity contribution in [2.75, 3.05) is 13.7 Å². The van der Waals surface area contributed by atoms with Crippen LogP contribution in [0.2, 0.25) is 0 Å². The van der Waals surface area contributed by atoms with E-state index >= 15 is 0 Å². The maximum Gasteiger partial charge on any atom is 0.203 e. The fourth-order valence-corrected chi connectivity index (χ4v) is 3.68. The standard InChI is InChI=1S/C25H20N2O3/c1-27-20-11-7-6-10-19(20)24(25(27)18-8-4-3-5-9-18)21(28)16-30-22-13-12-17(15-26)14-23(22)29-2/h3-14H,16H2,1-2H3. The summed E-state index contributed by atoms with van der Waals surface area (Å²) in [6.07, 6.45) is 0. The van der Waals surface area contributed by atoms with Crippen molar-refractivity contribution in [3.8, 4) is 28.8 Å². The second-order valence-corrected chi connectivity index (χ2v) is 6.86. The summed E-state index contributed by atoms with van der Waals surface area (Å²) in [6.45, 7) is -0.143. The highest BCUT2D eigenvalue weighted by Crippen LogP contribution is 2.34. The Kier molecular flexibility index (Phi) is 5.23. The van der Waals surface area contributed by atoms with Gasteiger partial charge in [-0.1, -0.05) is 48.5 Å². The average Bonchev–Trinajstić information content (AvgIpc) is 3.10. The molecule has 1 heterocycles. The van der Waals surface area contributed by atoms with E-state index in [-0.39, 0.29) is 12.4 Å². The molecule has 0 amide bonds. The van der Waals surface area contributed by atoms with Gasteiger partial charge in [-0.05, 0) is 23.8 Å². The Labute approximate surface area is 174 Å². The van der Waals surface area contributed by atoms with Gasteiger partial charge in [-0.3, -0.25) is 4.79 Å². The minimum Gasteiger partial charge on any atom is -0.493 e. The molecule has 5 nitrogen and oxygen atoms in total. The number of benzene rings is 3. The smallest absolute Gasteiger partial charge is 0.203 e. The molecule has 0 aliphatic carbocycles. The van der Waals surface area contributed by atoms with Gasteiger partial charge in [0, 0.05) is 24.0 Å². The molecule has 148 valence electrons. The quantitative estimate of drug-likeness (QED) is 0.431. The molecule has 4 aromatic rings. The third-order valence-corrected chi connectivity index (χ3v) is 5.08. The molecule has 0 saturated carbocycles. The van der Waals surface area contributed by atoms with Crippen LogP contribution in [-0.2, 0) is 7.05 Å². The normalized spacial score (nSPS) is 10.6. The number of Topliss-reactive ketones (excluding diaryl/α,β-unsaturated/α-hetero) is 1. The second kappa shape index (κ2) is 8.14. The summed E-state index contributed by atoms with van der Waals surface area (Å²) in [5, 5.41) is 9.94. The Morgan fingerprint density at radius 1 is 1.00 bits per heavy atom. The molecule has 0 aliphatic rings. The maximum atomic E-state index is 13.3. The van der Waals surface area contributed by atoms with Gasteiger partial charge < -0.3 is 14.0 Å². The first-order valence-electron chi connectivity index (χ1n) is 9.51. The van der Waals surface area contributed by atoms with Gasteiger partial charge in [-0.2, -0.15) is 5.26 Å². The number of methoxy groups -OCH3 is 1. The van der Waals surface area contributed by atoms with E-state index in [1.165, 1.54) is 7.11 Å². The minimum atomic E-state index is -0.143. The van der Waals surface area contributed by atoms with Crippen LogP contribution in [0.4, 0.5) is 0 Å². The van der Waals surface area contributed by atoms with E-state index in [2.05, 4.69) is 6.07 Å². The molecule has 0 atom stereocenters. The van der Waals surface area contributed by atoms with Gasteiger partial charge in [-0.25, -0.2) is 0 Å². The van der Waals surface area contributed by atoms with Crippen LogP contribution in [0.5, 0.6) is 11.5 Å². The predicted octanol–water partition coefficient (Wildman–Crippen LogP) is 4.99. The number of hydrogen-bond acceptors (Lipinski definition) is 4. The highest BCUT2D eigenvalue weighted by Gasteiger charge is 2.22. The number of aryl methyl sites for hydroxylation is 1. The molecule has 0 bridgehead atoms. The number of para-hydroxylation sites is 1. The summed E-state index contributed by atoms with van der Waals surface area (Å²) in [6, 6.07) is 24.6. The number of nitriles is 1. The van der Waals surface area contributed by atoms with E-state index < -0.39 is 0 Å². The molecule has 1 aromatic heterocycles. The van der Waals surface area contributed by atoms with Crippen LogP contribution in [0.25, 0.3) is 22.2 Å². The molecule has 5 heteroatoms. The maximum absolute atomic E-state index is 13.3. The fourth-order valence-electron chi connectivity index (χ4n) is 3.68. The molecule has 30 heavy (non-hydrogen) atoms. The number of nitrogens with zero attached hydrogens (tertiary/aromatic N) is 2. The van der Waals surface area contributed by atoms with E-state index in [1.807, 2.05) is 66.2 Å². The van der Waals surface area contributed by atoms with Gasteiger partial charge >= 0.3 is 0 Å². The van der Waals surface area contributed by atoms with E-state index in [1.54, 1.807) is 18.2 Å². The fraction of sp³-hybridized carbons (Fsp3) is 0.120. The molecular weight excluding hydrogens is 376 g/mol. The summed E-state index contributed by atoms with van der Waals surface area (Å²) >= 11 is 0. The lowest BCUT2D eigenvalue weighted by atomic mass is 10.0. The lowest BCUT2D eigenvalue weighted by molar-refractivity contribution is 0.0921. The number of carbonyl (C=O) groups excluding carboxylic acids is 1. The largest absolute Gasteiger partial charge is 0.493 e. The summed E-state index contributed by atoms with van der Waals surface area (Å²) in [7, 11) is 3.47. The van der Waals surface area contributed by atoms with Crippen molar-refractivity contribution < 1.29 is 14.3 Å². The van der Waals surface area contributed by atoms with Crippen molar-refractivity contribution in [3.63, 3.8) is 0 Å². The van der Waals surface area contributed by atoms with E-state index in [0.717, 1.165) is 22.2 Å². The zero-order valence-corrected chi connectivity index (χ0v) is 16.8. The Morgan fingerprint density at radius 2 is 1.73 bits per heavy atom. The molecule has 0 N–H and O–H groups in total. The molecule has 0 saturated heterocycles. The Bertz CT molecular complexity index is 1270. The van der Waals surface area contributed by atoms with Gasteiger partial charge in [0.25, 0.3) is 0 Å². The molecule has 3 aromatic carbocycles. The van der Waals surface area contributed by atoms with Gasteiger partial charge in [0.2, 0.25) is 5.78 Å². The SMILES string of the molecule is COc1cc(C#N)ccc1OCC(=O)c1c(-c2ccccc2)n(C)c2ccccc12. The van der Waals surface area contributed by atoms with Crippen molar-refractivity contribution in [3.05, 3.63) is 83.9 Å². The van der Waals surface area contributed by atoms with Crippen molar-refractivity contribution in [1.29, 1.82) is 5.26 Å². The first kappa shape index (κ1) is 19.3. The van der Waals surface area contributed by atoms with Crippen LogP contribution in [0.1, 0.15) is 15.9 Å². The van der Waals surface area contributed by atoms with E-state index in [0.29, 0.717) is 22.6 Å². The van der Waals surface area contributed by atoms with Gasteiger partial charge in [0.15, 0.2) is 18.1 Å². The average molecular weight is 396 g/mol. The van der Waals surface area contributed by atoms with Crippen LogP contribution >= 0.6 is 0 Å². The Balaban J connectivity index is 1.73. The second-order valence-electron chi connectivity index (χ2n) is 6.86. The highest BCUT2D eigenvalue weighted by molar-refractivity contribution is 6.14. The van der Waals surface area contributed by atoms with Gasteiger partial charge in [-0.15, -0.1) is 0 Å². The van der Waals surface area contributed by atoms with Crippen LogP contribution < -0.4 is 9.47 Å². The number of ketones is 1. The summed E-state index contributed by atoms with van der Waals surface area (Å²) < 4.78 is 13.1. The van der Waals surface area contributed by atoms with Crippen molar-refractivity contribution in [1.82, 2.24) is 4.57 Å². The zero-order chi connectivity index (χ0) is 21.1. The zero-order valence-electron chi connectivity index (χ0n) is 16.8. The number of fused-ring (bicyclic) bond motifs is 1. The number of aromatic nitrogens is 1. The van der Waals surface area contributed by atoms with Crippen LogP contribution in [0.15, 0.2) is 72.8 Å². The van der Waals surface area contributed by atoms with Crippen molar-refractivity contribution in [2.45, 2.75) is 0 Å². The number of rotatable bonds is 6. The lowest BCUT2D eigenvalue weighted by Crippen LogP contribution is -2.13. The first-order chi connectivity index (χ1) is 14.6. The monoisotopic (exact) mass is 396 g/mol. The molecule has 0 unspecified atom stereocenters. The van der Waals surface area contributed by atoms with Crippen molar-refractivity contribution in [2.24, 2.45) is 7.05 Å². The number of ether oxygens (including phenoxy) is 2. The van der Waals surface area contributed by atoms with Crippen LogP contribution in [0.3, 0.4) is 0 Å². The number of carbonyl (C=O) groups is 1. The summed E-state index contributed by atoms with van der Waals surface area (Å²) in [4.78, 5) is 13.3. The third kappa shape index (κ3) is 3.40. The third-order valence-electron chi connectivity index (χ3n) is 5.08. The molecule has 0 fully saturated rings. The van der Waals surface area contributed by atoms with Crippen LogP contribution in [-0.4, -0.2) is 24.1 Å². The van der Waals surface area contributed by atoms with Crippen LogP contribution in [0, 0.1) is 11.3 Å². The van der Waals surface area contributed by atoms with Crippen molar-refractivity contribution >= 4 is 16.7 Å². The molecular formula is C25H20N2O3. The Morgan fingerprint density at radius 3 is 2.47 bits per heavy atom. The van der Waals surface area contributed by atoms with E-state index in [9.17, 15) is 4.79 Å². The highest BCUT2D eigenvalue weighted by atomic mass is 16.5. The molecule has 0 radical (unpaired) electrons. The van der Waals surface area contributed by atoms with Gasteiger partial charge in [0.1, 0.15) is 0 Å². The lowest BCUT2D eigenvalue weighted by Gasteiger charge is -2.11. The number of hydrogen-bond donors (Lipinski definition) is 0. The van der Waals surface area contributed by atoms with E-state index in [4.69, 9.17) is 14.7 Å². The summed E-state index contributed by atoms with van der Waals surface area (Å²) in [5.74, 6) is 0.714. The first-order valence-corrected chi connectivity index (χ1v) is 9.51. The minimum absolute atomic E-state index is 0.128. The topological polar surface area (TPSA) is 64.2 Å². The molecule has 4 rings (SSSR count).